The molecule has 0 radical (unpaired) electrons. The summed E-state index contributed by atoms with van der Waals surface area (Å²) < 4.78 is 18.7. The fraction of sp³-hybridized carbons (Fsp3) is 0.387. The monoisotopic (exact) mass is 590 g/mol. The summed E-state index contributed by atoms with van der Waals surface area (Å²) in [6.45, 7) is 15.0. The van der Waals surface area contributed by atoms with Crippen LogP contribution in [0.3, 0.4) is 0 Å². The van der Waals surface area contributed by atoms with Crippen LogP contribution in [0.15, 0.2) is 46.0 Å². The fourth-order valence-corrected chi connectivity index (χ4v) is 4.17. The molecule has 0 unspecified atom stereocenters. The Labute approximate surface area is 247 Å². The standard InChI is InChI=1S/C31H34N4O8/c1-29(2,3)41-26(38)33-20-14-10-12-18(22(20)32-24(33)36)16-17-19-13-11-15-21-23(19)35(28(40)43-31(7,8)9)25(37)34(21)27(39)42-30(4,5)6/h10-15H,1-9H3,(H,32,36). The van der Waals surface area contributed by atoms with E-state index in [1.165, 1.54) is 6.07 Å². The highest BCUT2D eigenvalue weighted by atomic mass is 16.6. The van der Waals surface area contributed by atoms with Crippen LogP contribution in [0.1, 0.15) is 73.4 Å². The molecule has 12 nitrogen and oxygen atoms in total. The summed E-state index contributed by atoms with van der Waals surface area (Å²) in [7, 11) is 0. The Kier molecular flexibility index (Phi) is 7.66. The van der Waals surface area contributed by atoms with Crippen molar-refractivity contribution in [1.29, 1.82) is 0 Å². The number of para-hydroxylation sites is 2. The second-order valence-corrected chi connectivity index (χ2v) is 12.8. The van der Waals surface area contributed by atoms with E-state index in [-0.39, 0.29) is 27.6 Å². The first-order valence-corrected chi connectivity index (χ1v) is 13.5. The van der Waals surface area contributed by atoms with Gasteiger partial charge in [-0.05, 0) is 86.6 Å². The van der Waals surface area contributed by atoms with Gasteiger partial charge in [0.15, 0.2) is 0 Å². The van der Waals surface area contributed by atoms with Crippen molar-refractivity contribution in [2.24, 2.45) is 0 Å². The molecule has 2 aromatic heterocycles. The van der Waals surface area contributed by atoms with Crippen LogP contribution in [-0.2, 0) is 14.2 Å². The van der Waals surface area contributed by atoms with Crippen molar-refractivity contribution in [1.82, 2.24) is 18.7 Å². The summed E-state index contributed by atoms with van der Waals surface area (Å²) in [4.78, 5) is 68.0. The van der Waals surface area contributed by atoms with E-state index in [0.717, 1.165) is 13.7 Å². The van der Waals surface area contributed by atoms with Crippen molar-refractivity contribution in [3.8, 4) is 11.8 Å². The number of hydrogen-bond acceptors (Lipinski definition) is 8. The Morgan fingerprint density at radius 1 is 0.628 bits per heavy atom. The van der Waals surface area contributed by atoms with Crippen molar-refractivity contribution >= 4 is 40.3 Å². The molecule has 2 aromatic carbocycles. The maximum atomic E-state index is 13.5. The third-order valence-corrected chi connectivity index (χ3v) is 5.64. The molecule has 12 heteroatoms. The Morgan fingerprint density at radius 2 is 1.07 bits per heavy atom. The van der Waals surface area contributed by atoms with Gasteiger partial charge in [-0.3, -0.25) is 0 Å². The number of ether oxygens (including phenoxy) is 3. The average molecular weight is 591 g/mol. The topological polar surface area (TPSA) is 144 Å². The van der Waals surface area contributed by atoms with Crippen molar-refractivity contribution < 1.29 is 28.6 Å². The lowest BCUT2D eigenvalue weighted by atomic mass is 10.1. The lowest BCUT2D eigenvalue weighted by Gasteiger charge is -2.19. The molecule has 0 saturated heterocycles. The van der Waals surface area contributed by atoms with Gasteiger partial charge in [0.05, 0.1) is 33.2 Å². The van der Waals surface area contributed by atoms with Gasteiger partial charge in [0, 0.05) is 0 Å². The Hall–Kier alpha value is -5.05. The molecule has 226 valence electrons. The SMILES string of the molecule is CC(C)(C)OC(=O)n1c(=O)[nH]c2c(C#Cc3cccc4c3n(C(=O)OC(C)(C)C)c(=O)n4C(=O)OC(C)(C)C)cccc21. The molecule has 1 N–H and O–H groups in total. The van der Waals surface area contributed by atoms with Crippen LogP contribution in [-0.4, -0.2) is 53.8 Å². The number of aromatic amines is 1. The van der Waals surface area contributed by atoms with Crippen LogP contribution in [0.2, 0.25) is 0 Å². The maximum Gasteiger partial charge on any atom is 0.423 e. The number of nitrogens with one attached hydrogen (secondary N) is 1. The number of fused-ring (bicyclic) bond motifs is 2. The van der Waals surface area contributed by atoms with Gasteiger partial charge in [0.25, 0.3) is 0 Å². The molecule has 4 aromatic rings. The van der Waals surface area contributed by atoms with Crippen LogP contribution in [0.4, 0.5) is 14.4 Å². The van der Waals surface area contributed by atoms with E-state index in [1.807, 2.05) is 0 Å². The minimum Gasteiger partial charge on any atom is -0.443 e. The average Bonchev–Trinajstić information content (AvgIpc) is 3.32. The van der Waals surface area contributed by atoms with Gasteiger partial charge in [-0.2, -0.15) is 13.7 Å². The van der Waals surface area contributed by atoms with Crippen molar-refractivity contribution in [2.75, 3.05) is 0 Å². The summed E-state index contributed by atoms with van der Waals surface area (Å²) in [5, 5.41) is 0. The van der Waals surface area contributed by atoms with E-state index in [2.05, 4.69) is 16.8 Å². The number of benzene rings is 2. The van der Waals surface area contributed by atoms with Crippen molar-refractivity contribution in [3.63, 3.8) is 0 Å². The Morgan fingerprint density at radius 3 is 1.60 bits per heavy atom. The van der Waals surface area contributed by atoms with E-state index in [4.69, 9.17) is 14.2 Å². The summed E-state index contributed by atoms with van der Waals surface area (Å²) >= 11 is 0. The third-order valence-electron chi connectivity index (χ3n) is 5.64. The number of imidazole rings is 2. The van der Waals surface area contributed by atoms with Crippen LogP contribution < -0.4 is 11.4 Å². The molecule has 4 rings (SSSR count). The molecule has 0 saturated carbocycles. The molecule has 0 aliphatic rings. The Bertz CT molecular complexity index is 1960. The number of H-pyrrole nitrogens is 1. The zero-order chi connectivity index (χ0) is 32.1. The highest BCUT2D eigenvalue weighted by molar-refractivity contribution is 5.96. The molecule has 43 heavy (non-hydrogen) atoms. The van der Waals surface area contributed by atoms with Crippen LogP contribution in [0, 0.1) is 11.8 Å². The molecule has 0 atom stereocenters. The summed E-state index contributed by atoms with van der Waals surface area (Å²) in [5.41, 5.74) is -3.13. The highest BCUT2D eigenvalue weighted by Crippen LogP contribution is 2.22. The lowest BCUT2D eigenvalue weighted by molar-refractivity contribution is 0.0509. The van der Waals surface area contributed by atoms with Gasteiger partial charge in [-0.1, -0.05) is 24.0 Å². The quantitative estimate of drug-likeness (QED) is 0.218. The normalized spacial score (nSPS) is 12.1. The number of carbonyl (C=O) groups excluding carboxylic acids is 3. The van der Waals surface area contributed by atoms with E-state index >= 15 is 0 Å². The van der Waals surface area contributed by atoms with Crippen molar-refractivity contribution in [2.45, 2.75) is 79.1 Å². The summed E-state index contributed by atoms with van der Waals surface area (Å²) in [6, 6.07) is 9.47. The van der Waals surface area contributed by atoms with E-state index in [0.29, 0.717) is 5.56 Å². The van der Waals surface area contributed by atoms with Crippen LogP contribution in [0.5, 0.6) is 0 Å². The minimum absolute atomic E-state index is 0.0344. The van der Waals surface area contributed by atoms with E-state index in [1.54, 1.807) is 92.6 Å². The number of carbonyl (C=O) groups is 3. The summed E-state index contributed by atoms with van der Waals surface area (Å²) in [6.07, 6.45) is -2.82. The molecular formula is C31H34N4O8. The van der Waals surface area contributed by atoms with Gasteiger partial charge in [0.2, 0.25) is 0 Å². The van der Waals surface area contributed by atoms with E-state index < -0.39 is 46.5 Å². The number of rotatable bonds is 0. The molecule has 0 amide bonds. The van der Waals surface area contributed by atoms with E-state index in [9.17, 15) is 24.0 Å². The predicted molar refractivity (Wildman–Crippen MR) is 160 cm³/mol. The number of hydrogen-bond donors (Lipinski definition) is 1. The summed E-state index contributed by atoms with van der Waals surface area (Å²) in [5.74, 6) is 5.90. The molecule has 0 bridgehead atoms. The van der Waals surface area contributed by atoms with Crippen LogP contribution in [0.25, 0.3) is 22.1 Å². The van der Waals surface area contributed by atoms with Gasteiger partial charge in [0.1, 0.15) is 16.8 Å². The lowest BCUT2D eigenvalue weighted by Crippen LogP contribution is -2.38. The van der Waals surface area contributed by atoms with Crippen LogP contribution >= 0.6 is 0 Å². The largest absolute Gasteiger partial charge is 0.443 e. The second kappa shape index (κ2) is 10.7. The Balaban J connectivity index is 1.93. The molecule has 0 fully saturated rings. The van der Waals surface area contributed by atoms with Gasteiger partial charge < -0.3 is 19.2 Å². The molecule has 0 spiro atoms. The molecular weight excluding hydrogens is 556 g/mol. The first kappa shape index (κ1) is 30.9. The zero-order valence-corrected chi connectivity index (χ0v) is 25.6. The first-order valence-electron chi connectivity index (χ1n) is 13.5. The number of nitrogens with zero attached hydrogens (tertiary/aromatic N) is 3. The zero-order valence-electron chi connectivity index (χ0n) is 25.6. The third kappa shape index (κ3) is 6.56. The second-order valence-electron chi connectivity index (χ2n) is 12.8. The van der Waals surface area contributed by atoms with Gasteiger partial charge in [-0.25, -0.2) is 24.0 Å². The number of aromatic nitrogens is 4. The fourth-order valence-electron chi connectivity index (χ4n) is 4.17. The molecule has 0 aliphatic carbocycles. The first-order chi connectivity index (χ1) is 19.8. The van der Waals surface area contributed by atoms with Gasteiger partial charge >= 0.3 is 29.7 Å². The van der Waals surface area contributed by atoms with Crippen molar-refractivity contribution in [3.05, 3.63) is 68.5 Å². The minimum atomic E-state index is -1.00. The van der Waals surface area contributed by atoms with Gasteiger partial charge in [-0.15, -0.1) is 0 Å². The predicted octanol–water partition coefficient (Wildman–Crippen LogP) is 5.20. The molecule has 0 aliphatic heterocycles. The highest BCUT2D eigenvalue weighted by Gasteiger charge is 2.30. The molecule has 2 heterocycles. The smallest absolute Gasteiger partial charge is 0.423 e. The maximum absolute atomic E-state index is 13.5.